The number of pyridine rings is 1. The molecule has 0 aliphatic heterocycles. The monoisotopic (exact) mass is 290 g/mol. The minimum Gasteiger partial charge on any atom is -0.310 e. The molecule has 2 aromatic rings. The molecule has 5 heteroatoms. The third-order valence-corrected chi connectivity index (χ3v) is 3.70. The minimum absolute atomic E-state index is 0.0264. The third-order valence-electron chi connectivity index (χ3n) is 3.70. The quantitative estimate of drug-likeness (QED) is 0.851. The lowest BCUT2D eigenvalue weighted by atomic mass is 10.0. The van der Waals surface area contributed by atoms with E-state index in [1.807, 2.05) is 23.9 Å². The molecule has 0 saturated heterocycles. The van der Waals surface area contributed by atoms with Crippen LogP contribution in [-0.2, 0) is 6.42 Å². The molecule has 4 nitrogen and oxygen atoms in total. The molecular formula is C16H23FN4. The van der Waals surface area contributed by atoms with Gasteiger partial charge in [-0.15, -0.1) is 0 Å². The summed E-state index contributed by atoms with van der Waals surface area (Å²) < 4.78 is 15.3. The van der Waals surface area contributed by atoms with Crippen molar-refractivity contribution in [3.8, 4) is 0 Å². The molecule has 2 aromatic heterocycles. The SMILES string of the molecule is CCNC(Cc1ccn(C(C)CC)n1)c1cncc(F)c1. The second-order valence-corrected chi connectivity index (χ2v) is 5.30. The maximum absolute atomic E-state index is 13.4. The zero-order valence-electron chi connectivity index (χ0n) is 12.9. The number of halogens is 1. The van der Waals surface area contributed by atoms with Gasteiger partial charge in [-0.25, -0.2) is 4.39 Å². The van der Waals surface area contributed by atoms with Crippen molar-refractivity contribution in [3.63, 3.8) is 0 Å². The van der Waals surface area contributed by atoms with Crippen molar-refractivity contribution >= 4 is 0 Å². The van der Waals surface area contributed by atoms with E-state index in [1.54, 1.807) is 6.20 Å². The minimum atomic E-state index is -0.305. The van der Waals surface area contributed by atoms with Crippen LogP contribution in [0.3, 0.4) is 0 Å². The van der Waals surface area contributed by atoms with Crippen molar-refractivity contribution in [3.05, 3.63) is 47.8 Å². The van der Waals surface area contributed by atoms with Gasteiger partial charge in [-0.3, -0.25) is 9.67 Å². The molecule has 1 N–H and O–H groups in total. The summed E-state index contributed by atoms with van der Waals surface area (Å²) >= 11 is 0. The lowest BCUT2D eigenvalue weighted by Crippen LogP contribution is -2.23. The number of hydrogen-bond acceptors (Lipinski definition) is 3. The van der Waals surface area contributed by atoms with Gasteiger partial charge in [0, 0.05) is 30.9 Å². The smallest absolute Gasteiger partial charge is 0.141 e. The first kappa shape index (κ1) is 15.6. The van der Waals surface area contributed by atoms with Crippen molar-refractivity contribution in [1.29, 1.82) is 0 Å². The van der Waals surface area contributed by atoms with E-state index in [0.717, 1.165) is 30.6 Å². The van der Waals surface area contributed by atoms with E-state index in [-0.39, 0.29) is 11.9 Å². The molecule has 0 aliphatic rings. The fraction of sp³-hybridized carbons (Fsp3) is 0.500. The number of hydrogen-bond donors (Lipinski definition) is 1. The molecule has 21 heavy (non-hydrogen) atoms. The molecule has 0 bridgehead atoms. The van der Waals surface area contributed by atoms with Crippen LogP contribution in [0.2, 0.25) is 0 Å². The molecule has 0 aromatic carbocycles. The number of rotatable bonds is 7. The van der Waals surface area contributed by atoms with E-state index in [0.29, 0.717) is 6.04 Å². The average Bonchev–Trinajstić information content (AvgIpc) is 2.94. The highest BCUT2D eigenvalue weighted by atomic mass is 19.1. The number of aromatic nitrogens is 3. The first-order valence-corrected chi connectivity index (χ1v) is 7.51. The zero-order valence-corrected chi connectivity index (χ0v) is 12.9. The Morgan fingerprint density at radius 1 is 1.33 bits per heavy atom. The van der Waals surface area contributed by atoms with Crippen LogP contribution in [0.15, 0.2) is 30.7 Å². The van der Waals surface area contributed by atoms with E-state index in [2.05, 4.69) is 29.2 Å². The number of nitrogens with one attached hydrogen (secondary N) is 1. The van der Waals surface area contributed by atoms with Crippen molar-refractivity contribution in [2.24, 2.45) is 0 Å². The number of nitrogens with zero attached hydrogens (tertiary/aromatic N) is 3. The molecule has 0 amide bonds. The third kappa shape index (κ3) is 4.11. The van der Waals surface area contributed by atoms with Crippen LogP contribution in [-0.4, -0.2) is 21.3 Å². The summed E-state index contributed by atoms with van der Waals surface area (Å²) in [5, 5.41) is 7.98. The molecule has 114 valence electrons. The maximum atomic E-state index is 13.4. The molecular weight excluding hydrogens is 267 g/mol. The van der Waals surface area contributed by atoms with Crippen molar-refractivity contribution in [2.75, 3.05) is 6.54 Å². The van der Waals surface area contributed by atoms with E-state index in [4.69, 9.17) is 0 Å². The van der Waals surface area contributed by atoms with Crippen LogP contribution in [0.1, 0.15) is 50.5 Å². The van der Waals surface area contributed by atoms with Crippen molar-refractivity contribution < 1.29 is 4.39 Å². The summed E-state index contributed by atoms with van der Waals surface area (Å²) in [7, 11) is 0. The van der Waals surface area contributed by atoms with Gasteiger partial charge in [0.1, 0.15) is 5.82 Å². The lowest BCUT2D eigenvalue weighted by molar-refractivity contribution is 0.466. The van der Waals surface area contributed by atoms with E-state index in [9.17, 15) is 4.39 Å². The second-order valence-electron chi connectivity index (χ2n) is 5.30. The summed E-state index contributed by atoms with van der Waals surface area (Å²) in [6, 6.07) is 3.99. The Labute approximate surface area is 125 Å². The molecule has 0 radical (unpaired) electrons. The first-order valence-electron chi connectivity index (χ1n) is 7.51. The van der Waals surface area contributed by atoms with E-state index < -0.39 is 0 Å². The fourth-order valence-corrected chi connectivity index (χ4v) is 2.30. The van der Waals surface area contributed by atoms with Gasteiger partial charge >= 0.3 is 0 Å². The summed E-state index contributed by atoms with van der Waals surface area (Å²) in [5.41, 5.74) is 1.86. The van der Waals surface area contributed by atoms with Crippen LogP contribution >= 0.6 is 0 Å². The Balaban J connectivity index is 2.14. The van der Waals surface area contributed by atoms with Gasteiger partial charge in [-0.2, -0.15) is 5.10 Å². The highest BCUT2D eigenvalue weighted by Crippen LogP contribution is 2.18. The zero-order chi connectivity index (χ0) is 15.2. The van der Waals surface area contributed by atoms with Gasteiger partial charge in [0.2, 0.25) is 0 Å². The Morgan fingerprint density at radius 3 is 2.81 bits per heavy atom. The largest absolute Gasteiger partial charge is 0.310 e. The molecule has 2 rings (SSSR count). The van der Waals surface area contributed by atoms with Crippen LogP contribution in [0.25, 0.3) is 0 Å². The van der Waals surface area contributed by atoms with E-state index in [1.165, 1.54) is 12.3 Å². The van der Waals surface area contributed by atoms with Crippen LogP contribution in [0.5, 0.6) is 0 Å². The normalized spacial score (nSPS) is 14.1. The summed E-state index contributed by atoms with van der Waals surface area (Å²) in [6.45, 7) is 7.14. The topological polar surface area (TPSA) is 42.7 Å². The lowest BCUT2D eigenvalue weighted by Gasteiger charge is -2.17. The second kappa shape index (κ2) is 7.31. The molecule has 0 aliphatic carbocycles. The molecule has 0 spiro atoms. The predicted molar refractivity (Wildman–Crippen MR) is 81.5 cm³/mol. The van der Waals surface area contributed by atoms with Crippen molar-refractivity contribution in [1.82, 2.24) is 20.1 Å². The van der Waals surface area contributed by atoms with Crippen LogP contribution in [0.4, 0.5) is 4.39 Å². The Bertz CT molecular complexity index is 567. The fourth-order valence-electron chi connectivity index (χ4n) is 2.30. The van der Waals surface area contributed by atoms with Gasteiger partial charge in [-0.05, 0) is 37.6 Å². The summed E-state index contributed by atoms with van der Waals surface area (Å²) in [4.78, 5) is 3.94. The maximum Gasteiger partial charge on any atom is 0.141 e. The molecule has 2 atom stereocenters. The van der Waals surface area contributed by atoms with Crippen LogP contribution < -0.4 is 5.32 Å². The van der Waals surface area contributed by atoms with Gasteiger partial charge in [-0.1, -0.05) is 13.8 Å². The Hall–Kier alpha value is -1.75. The molecule has 2 unspecified atom stereocenters. The standard InChI is InChI=1S/C16H23FN4/c1-4-12(3)21-7-6-15(20-21)9-16(19-5-2)13-8-14(17)11-18-10-13/h6-8,10-12,16,19H,4-5,9H2,1-3H3. The molecule has 2 heterocycles. The van der Waals surface area contributed by atoms with Gasteiger partial charge < -0.3 is 5.32 Å². The first-order chi connectivity index (χ1) is 10.1. The highest BCUT2D eigenvalue weighted by Gasteiger charge is 2.14. The van der Waals surface area contributed by atoms with Gasteiger partial charge in [0.15, 0.2) is 0 Å². The molecule has 0 fully saturated rings. The van der Waals surface area contributed by atoms with Crippen molar-refractivity contribution in [2.45, 2.75) is 45.7 Å². The number of likely N-dealkylation sites (N-methyl/N-ethyl adjacent to an activating group) is 1. The van der Waals surface area contributed by atoms with E-state index >= 15 is 0 Å². The predicted octanol–water partition coefficient (Wildman–Crippen LogP) is 3.28. The van der Waals surface area contributed by atoms with Crippen LogP contribution in [0, 0.1) is 5.82 Å². The Kier molecular flexibility index (Phi) is 5.44. The highest BCUT2D eigenvalue weighted by molar-refractivity contribution is 5.18. The summed E-state index contributed by atoms with van der Waals surface area (Å²) in [6.07, 6.45) is 6.72. The van der Waals surface area contributed by atoms with Gasteiger partial charge in [0.25, 0.3) is 0 Å². The molecule has 0 saturated carbocycles. The van der Waals surface area contributed by atoms with Gasteiger partial charge in [0.05, 0.1) is 11.9 Å². The summed E-state index contributed by atoms with van der Waals surface area (Å²) in [5.74, 6) is -0.305. The average molecular weight is 290 g/mol. The Morgan fingerprint density at radius 2 is 2.14 bits per heavy atom.